The minimum atomic E-state index is -3.48. The summed E-state index contributed by atoms with van der Waals surface area (Å²) in [6.07, 6.45) is 0. The third-order valence-electron chi connectivity index (χ3n) is 4.17. The molecule has 2 rings (SSSR count). The van der Waals surface area contributed by atoms with Gasteiger partial charge in [0.15, 0.2) is 0 Å². The Morgan fingerprint density at radius 3 is 2.22 bits per heavy atom. The minimum Gasteiger partial charge on any atom is -0.339 e. The molecule has 1 saturated heterocycles. The van der Waals surface area contributed by atoms with Crippen molar-refractivity contribution >= 4 is 27.3 Å². The normalized spacial score (nSPS) is 18.4. The van der Waals surface area contributed by atoms with E-state index in [1.165, 1.54) is 15.6 Å². The Bertz CT molecular complexity index is 674. The van der Waals surface area contributed by atoms with Gasteiger partial charge in [0.25, 0.3) is 0 Å². The van der Waals surface area contributed by atoms with Crippen LogP contribution in [0.4, 0.5) is 0 Å². The largest absolute Gasteiger partial charge is 0.339 e. The minimum absolute atomic E-state index is 0.0701. The first-order valence-corrected chi connectivity index (χ1v) is 10.0. The molecule has 1 aromatic rings. The Balaban J connectivity index is 2.07. The second kappa shape index (κ2) is 6.88. The molecule has 8 heteroatoms. The van der Waals surface area contributed by atoms with Gasteiger partial charge in [-0.15, -0.1) is 11.3 Å². The van der Waals surface area contributed by atoms with Crippen molar-refractivity contribution in [2.24, 2.45) is 11.7 Å². The van der Waals surface area contributed by atoms with E-state index in [-0.39, 0.29) is 11.8 Å². The van der Waals surface area contributed by atoms with Gasteiger partial charge in [0.2, 0.25) is 15.9 Å². The van der Waals surface area contributed by atoms with Crippen LogP contribution in [0.25, 0.3) is 0 Å². The van der Waals surface area contributed by atoms with Gasteiger partial charge >= 0.3 is 0 Å². The quantitative estimate of drug-likeness (QED) is 0.875. The summed E-state index contributed by atoms with van der Waals surface area (Å²) in [5.41, 5.74) is 5.90. The number of sulfonamides is 1. The van der Waals surface area contributed by atoms with Crippen molar-refractivity contribution < 1.29 is 13.2 Å². The lowest BCUT2D eigenvalue weighted by Crippen LogP contribution is -2.55. The number of amides is 1. The Hall–Kier alpha value is -0.960. The number of thiophene rings is 1. The van der Waals surface area contributed by atoms with Crippen LogP contribution in [0.15, 0.2) is 11.0 Å². The number of piperazine rings is 1. The van der Waals surface area contributed by atoms with Crippen LogP contribution >= 0.6 is 11.3 Å². The van der Waals surface area contributed by atoms with E-state index in [0.717, 1.165) is 9.75 Å². The van der Waals surface area contributed by atoms with Crippen molar-refractivity contribution in [2.75, 3.05) is 26.2 Å². The second-order valence-corrected chi connectivity index (χ2v) is 9.64. The summed E-state index contributed by atoms with van der Waals surface area (Å²) in [7, 11) is -3.48. The van der Waals surface area contributed by atoms with Crippen molar-refractivity contribution in [3.05, 3.63) is 15.8 Å². The smallest absolute Gasteiger partial charge is 0.244 e. The molecule has 2 N–H and O–H groups in total. The molecule has 0 spiro atoms. The van der Waals surface area contributed by atoms with Crippen molar-refractivity contribution in [1.82, 2.24) is 9.21 Å². The number of carbonyl (C=O) groups is 1. The van der Waals surface area contributed by atoms with Crippen molar-refractivity contribution in [3.63, 3.8) is 0 Å². The first-order valence-electron chi connectivity index (χ1n) is 7.76. The predicted octanol–water partition coefficient (Wildman–Crippen LogP) is 1.18. The molecule has 6 nitrogen and oxygen atoms in total. The lowest BCUT2D eigenvalue weighted by molar-refractivity contribution is -0.134. The van der Waals surface area contributed by atoms with Gasteiger partial charge in [0.1, 0.15) is 0 Å². The summed E-state index contributed by atoms with van der Waals surface area (Å²) >= 11 is 1.49. The van der Waals surface area contributed by atoms with Crippen LogP contribution in [0.1, 0.15) is 23.6 Å². The molecule has 1 atom stereocenters. The number of carbonyl (C=O) groups excluding carboxylic acids is 1. The molecule has 0 aliphatic carbocycles. The molecule has 2 heterocycles. The zero-order valence-corrected chi connectivity index (χ0v) is 15.7. The average molecular weight is 360 g/mol. The van der Waals surface area contributed by atoms with Crippen LogP contribution in [0.3, 0.4) is 0 Å². The molecule has 0 aromatic carbocycles. The molecule has 130 valence electrons. The van der Waals surface area contributed by atoms with Crippen LogP contribution < -0.4 is 5.73 Å². The first-order chi connectivity index (χ1) is 10.6. The van der Waals surface area contributed by atoms with E-state index in [2.05, 4.69) is 0 Å². The van der Waals surface area contributed by atoms with Gasteiger partial charge in [0, 0.05) is 35.9 Å². The van der Waals surface area contributed by atoms with Gasteiger partial charge in [0.05, 0.1) is 10.9 Å². The highest BCUT2D eigenvalue weighted by Gasteiger charge is 2.33. The molecule has 0 saturated carbocycles. The number of aryl methyl sites for hydroxylation is 2. The number of hydrogen-bond acceptors (Lipinski definition) is 5. The maximum Gasteiger partial charge on any atom is 0.244 e. The molecule has 1 amide bonds. The van der Waals surface area contributed by atoms with Gasteiger partial charge in [-0.05, 0) is 25.8 Å². The molecule has 1 fully saturated rings. The number of nitrogens with zero attached hydrogens (tertiary/aromatic N) is 2. The highest BCUT2D eigenvalue weighted by molar-refractivity contribution is 7.89. The lowest BCUT2D eigenvalue weighted by atomic mass is 10.0. The molecule has 0 radical (unpaired) electrons. The van der Waals surface area contributed by atoms with Crippen LogP contribution in [-0.4, -0.2) is 55.8 Å². The molecule has 0 bridgehead atoms. The van der Waals surface area contributed by atoms with E-state index in [1.807, 2.05) is 27.7 Å². The Morgan fingerprint density at radius 2 is 1.78 bits per heavy atom. The van der Waals surface area contributed by atoms with E-state index in [0.29, 0.717) is 31.1 Å². The fourth-order valence-corrected chi connectivity index (χ4v) is 5.59. The van der Waals surface area contributed by atoms with Crippen LogP contribution in [0.5, 0.6) is 0 Å². The summed E-state index contributed by atoms with van der Waals surface area (Å²) in [4.78, 5) is 16.1. The molecular weight excluding hydrogens is 334 g/mol. The molecule has 1 aromatic heterocycles. The Kier molecular flexibility index (Phi) is 5.50. The van der Waals surface area contributed by atoms with Gasteiger partial charge in [-0.2, -0.15) is 4.31 Å². The van der Waals surface area contributed by atoms with Gasteiger partial charge in [-0.1, -0.05) is 13.8 Å². The molecule has 0 unspecified atom stereocenters. The molecule has 1 aliphatic heterocycles. The SMILES string of the molecule is Cc1cc(S(=O)(=O)N2CCN(C(=O)[C@@H](N)C(C)C)CC2)c(C)s1. The summed E-state index contributed by atoms with van der Waals surface area (Å²) < 4.78 is 27.0. The summed E-state index contributed by atoms with van der Waals surface area (Å²) in [6, 6.07) is 1.20. The summed E-state index contributed by atoms with van der Waals surface area (Å²) in [6.45, 7) is 8.95. The van der Waals surface area contributed by atoms with E-state index in [4.69, 9.17) is 5.73 Å². The molecule has 23 heavy (non-hydrogen) atoms. The summed E-state index contributed by atoms with van der Waals surface area (Å²) in [5.74, 6) is -0.0275. The fraction of sp³-hybridized carbons (Fsp3) is 0.667. The van der Waals surface area contributed by atoms with E-state index < -0.39 is 16.1 Å². The topological polar surface area (TPSA) is 83.7 Å². The lowest BCUT2D eigenvalue weighted by Gasteiger charge is -2.35. The fourth-order valence-electron chi connectivity index (χ4n) is 2.65. The number of hydrogen-bond donors (Lipinski definition) is 1. The third-order valence-corrected chi connectivity index (χ3v) is 7.29. The maximum absolute atomic E-state index is 12.7. The molecular formula is C15H25N3O3S2. The predicted molar refractivity (Wildman–Crippen MR) is 91.9 cm³/mol. The standard InChI is InChI=1S/C15H25N3O3S2/c1-10(2)14(16)15(19)17-5-7-18(8-6-17)23(20,21)13-9-11(3)22-12(13)4/h9-10,14H,5-8,16H2,1-4H3/t14-/m0/s1. The van der Waals surface area contributed by atoms with Gasteiger partial charge < -0.3 is 10.6 Å². The van der Waals surface area contributed by atoms with Crippen molar-refractivity contribution in [2.45, 2.75) is 38.6 Å². The van der Waals surface area contributed by atoms with E-state index in [9.17, 15) is 13.2 Å². The number of rotatable bonds is 4. The Morgan fingerprint density at radius 1 is 1.22 bits per heavy atom. The first kappa shape index (κ1) is 18.4. The van der Waals surface area contributed by atoms with Crippen molar-refractivity contribution in [1.29, 1.82) is 0 Å². The highest BCUT2D eigenvalue weighted by Crippen LogP contribution is 2.28. The van der Waals surface area contributed by atoms with Gasteiger partial charge in [-0.3, -0.25) is 4.79 Å². The monoisotopic (exact) mass is 359 g/mol. The number of nitrogens with two attached hydrogens (primary N) is 1. The van der Waals surface area contributed by atoms with Crippen molar-refractivity contribution in [3.8, 4) is 0 Å². The van der Waals surface area contributed by atoms with Gasteiger partial charge in [-0.25, -0.2) is 8.42 Å². The Labute approximate surface area is 142 Å². The van der Waals surface area contributed by atoms with Crippen LogP contribution in [0, 0.1) is 19.8 Å². The maximum atomic E-state index is 12.7. The molecule has 1 aliphatic rings. The van der Waals surface area contributed by atoms with Crippen LogP contribution in [-0.2, 0) is 14.8 Å². The van der Waals surface area contributed by atoms with E-state index >= 15 is 0 Å². The second-order valence-electron chi connectivity index (χ2n) is 6.28. The zero-order valence-electron chi connectivity index (χ0n) is 14.1. The summed E-state index contributed by atoms with van der Waals surface area (Å²) in [5, 5.41) is 0. The average Bonchev–Trinajstić information content (AvgIpc) is 2.85. The van der Waals surface area contributed by atoms with E-state index in [1.54, 1.807) is 11.0 Å². The third kappa shape index (κ3) is 3.76. The highest BCUT2D eigenvalue weighted by atomic mass is 32.2. The zero-order chi connectivity index (χ0) is 17.4. The van der Waals surface area contributed by atoms with Crippen LogP contribution in [0.2, 0.25) is 0 Å².